The van der Waals surface area contributed by atoms with Crippen molar-refractivity contribution in [2.45, 2.75) is 56.9 Å². The van der Waals surface area contributed by atoms with Crippen LogP contribution in [0.4, 0.5) is 0 Å². The topological polar surface area (TPSA) is 102 Å². The normalized spacial score (nSPS) is 16.9. The lowest BCUT2D eigenvalue weighted by atomic mass is 9.87. The summed E-state index contributed by atoms with van der Waals surface area (Å²) < 4.78 is 22.2. The molecular weight excluding hydrogens is 382 g/mol. The molecule has 1 aromatic heterocycles. The standard InChI is InChI=1S/C16H27N3O3S2.ClH/c1-24(21,22)10-8-13(17)16(20)18-9-7-15-19-14(11-23-15)12-5-3-2-4-6-12;/h11-13H,2-10,17H2,1H3,(H,18,20);1H. The maximum absolute atomic E-state index is 11.9. The Kier molecular flexibility index (Phi) is 9.34. The Morgan fingerprint density at radius 3 is 2.72 bits per heavy atom. The molecule has 0 aromatic carbocycles. The number of carbonyl (C=O) groups is 1. The van der Waals surface area contributed by atoms with Gasteiger partial charge in [-0.05, 0) is 19.3 Å². The first-order valence-corrected chi connectivity index (χ1v) is 11.4. The highest BCUT2D eigenvalue weighted by Crippen LogP contribution is 2.33. The molecule has 0 aliphatic heterocycles. The monoisotopic (exact) mass is 409 g/mol. The van der Waals surface area contributed by atoms with Gasteiger partial charge in [0, 0.05) is 30.5 Å². The number of nitrogens with one attached hydrogen (secondary N) is 1. The van der Waals surface area contributed by atoms with Crippen LogP contribution in [-0.4, -0.2) is 43.9 Å². The second-order valence-electron chi connectivity index (χ2n) is 6.57. The van der Waals surface area contributed by atoms with E-state index in [0.29, 0.717) is 18.9 Å². The Hall–Kier alpha value is -0.700. The highest BCUT2D eigenvalue weighted by molar-refractivity contribution is 7.90. The van der Waals surface area contributed by atoms with Gasteiger partial charge in [-0.25, -0.2) is 13.4 Å². The van der Waals surface area contributed by atoms with Crippen molar-refractivity contribution in [1.29, 1.82) is 0 Å². The van der Waals surface area contributed by atoms with E-state index >= 15 is 0 Å². The van der Waals surface area contributed by atoms with Crippen molar-refractivity contribution in [2.75, 3.05) is 18.6 Å². The lowest BCUT2D eigenvalue weighted by molar-refractivity contribution is -0.122. The molecule has 1 unspecified atom stereocenters. The molecule has 0 bridgehead atoms. The third-order valence-electron chi connectivity index (χ3n) is 4.37. The molecule has 0 radical (unpaired) electrons. The van der Waals surface area contributed by atoms with Crippen LogP contribution in [0.25, 0.3) is 0 Å². The number of aromatic nitrogens is 1. The minimum atomic E-state index is -3.09. The average Bonchev–Trinajstić information content (AvgIpc) is 3.01. The number of nitrogens with two attached hydrogens (primary N) is 1. The van der Waals surface area contributed by atoms with Crippen molar-refractivity contribution in [1.82, 2.24) is 10.3 Å². The molecule has 1 heterocycles. The fourth-order valence-electron chi connectivity index (χ4n) is 2.92. The number of rotatable bonds is 8. The van der Waals surface area contributed by atoms with E-state index < -0.39 is 15.9 Å². The molecule has 0 spiro atoms. The van der Waals surface area contributed by atoms with E-state index in [2.05, 4.69) is 10.7 Å². The van der Waals surface area contributed by atoms with E-state index in [0.717, 1.165) is 11.3 Å². The van der Waals surface area contributed by atoms with Gasteiger partial charge in [0.25, 0.3) is 0 Å². The van der Waals surface area contributed by atoms with Gasteiger partial charge in [-0.1, -0.05) is 19.3 Å². The molecule has 2 rings (SSSR count). The Morgan fingerprint density at radius 1 is 1.40 bits per heavy atom. The molecule has 25 heavy (non-hydrogen) atoms. The zero-order valence-electron chi connectivity index (χ0n) is 14.6. The van der Waals surface area contributed by atoms with Crippen molar-refractivity contribution in [2.24, 2.45) is 5.73 Å². The van der Waals surface area contributed by atoms with Gasteiger partial charge in [-0.2, -0.15) is 0 Å². The first kappa shape index (κ1) is 22.3. The predicted octanol–water partition coefficient (Wildman–Crippen LogP) is 2.03. The van der Waals surface area contributed by atoms with Gasteiger partial charge in [-0.15, -0.1) is 23.7 Å². The molecule has 1 aliphatic rings. The Bertz CT molecular complexity index is 643. The number of halogens is 1. The smallest absolute Gasteiger partial charge is 0.236 e. The molecule has 1 amide bonds. The lowest BCUT2D eigenvalue weighted by Crippen LogP contribution is -2.42. The second-order valence-corrected chi connectivity index (χ2v) is 9.77. The summed E-state index contributed by atoms with van der Waals surface area (Å²) in [6.45, 7) is 0.475. The molecule has 1 aromatic rings. The maximum atomic E-state index is 11.9. The van der Waals surface area contributed by atoms with Crippen molar-refractivity contribution >= 4 is 39.5 Å². The fraction of sp³-hybridized carbons (Fsp3) is 0.750. The molecule has 3 N–H and O–H groups in total. The van der Waals surface area contributed by atoms with E-state index in [1.54, 1.807) is 11.3 Å². The summed E-state index contributed by atoms with van der Waals surface area (Å²) in [4.78, 5) is 16.6. The van der Waals surface area contributed by atoms with Crippen LogP contribution in [0.5, 0.6) is 0 Å². The van der Waals surface area contributed by atoms with Gasteiger partial charge in [0.15, 0.2) is 0 Å². The SMILES string of the molecule is CS(=O)(=O)CCC(N)C(=O)NCCc1nc(C2CCCCC2)cs1.Cl. The van der Waals surface area contributed by atoms with Crippen LogP contribution in [0.2, 0.25) is 0 Å². The minimum Gasteiger partial charge on any atom is -0.354 e. The Morgan fingerprint density at radius 2 is 2.08 bits per heavy atom. The summed E-state index contributed by atoms with van der Waals surface area (Å²) >= 11 is 1.64. The summed E-state index contributed by atoms with van der Waals surface area (Å²) in [5, 5.41) is 5.94. The largest absolute Gasteiger partial charge is 0.354 e. The zero-order chi connectivity index (χ0) is 17.6. The van der Waals surface area contributed by atoms with Crippen LogP contribution in [0.3, 0.4) is 0 Å². The number of hydrogen-bond acceptors (Lipinski definition) is 6. The molecule has 0 saturated heterocycles. The first-order chi connectivity index (χ1) is 11.3. The molecule has 9 heteroatoms. The predicted molar refractivity (Wildman–Crippen MR) is 104 cm³/mol. The number of thiazole rings is 1. The molecule has 6 nitrogen and oxygen atoms in total. The van der Waals surface area contributed by atoms with Gasteiger partial charge in [0.2, 0.25) is 5.91 Å². The first-order valence-electron chi connectivity index (χ1n) is 8.50. The van der Waals surface area contributed by atoms with Crippen LogP contribution in [0, 0.1) is 0 Å². The van der Waals surface area contributed by atoms with Gasteiger partial charge in [-0.3, -0.25) is 4.79 Å². The van der Waals surface area contributed by atoms with E-state index in [-0.39, 0.29) is 30.5 Å². The lowest BCUT2D eigenvalue weighted by Gasteiger charge is -2.19. The van der Waals surface area contributed by atoms with Gasteiger partial charge >= 0.3 is 0 Å². The van der Waals surface area contributed by atoms with Crippen LogP contribution >= 0.6 is 23.7 Å². The minimum absolute atomic E-state index is 0. The van der Waals surface area contributed by atoms with Crippen LogP contribution in [0.1, 0.15) is 55.1 Å². The van der Waals surface area contributed by atoms with Gasteiger partial charge in [0.05, 0.1) is 22.5 Å². The van der Waals surface area contributed by atoms with Crippen molar-refractivity contribution in [3.05, 3.63) is 16.1 Å². The molecule has 1 saturated carbocycles. The third-order valence-corrected chi connectivity index (χ3v) is 6.27. The Balaban J connectivity index is 0.00000312. The number of hydrogen-bond donors (Lipinski definition) is 2. The second kappa shape index (κ2) is 10.4. The van der Waals surface area contributed by atoms with E-state index in [4.69, 9.17) is 10.7 Å². The van der Waals surface area contributed by atoms with E-state index in [9.17, 15) is 13.2 Å². The molecular formula is C16H28ClN3O3S2. The average molecular weight is 410 g/mol. The molecule has 1 fully saturated rings. The molecule has 144 valence electrons. The number of nitrogens with zero attached hydrogens (tertiary/aromatic N) is 1. The summed E-state index contributed by atoms with van der Waals surface area (Å²) in [7, 11) is -3.09. The zero-order valence-corrected chi connectivity index (χ0v) is 17.0. The van der Waals surface area contributed by atoms with Gasteiger partial charge in [0.1, 0.15) is 9.84 Å². The fourth-order valence-corrected chi connectivity index (χ4v) is 4.48. The molecule has 1 aliphatic carbocycles. The summed E-state index contributed by atoms with van der Waals surface area (Å²) in [5.74, 6) is 0.226. The van der Waals surface area contributed by atoms with Crippen molar-refractivity contribution < 1.29 is 13.2 Å². The highest BCUT2D eigenvalue weighted by Gasteiger charge is 2.19. The quantitative estimate of drug-likeness (QED) is 0.683. The molecule has 1 atom stereocenters. The summed E-state index contributed by atoms with van der Waals surface area (Å²) in [6.07, 6.45) is 8.35. The van der Waals surface area contributed by atoms with Crippen LogP contribution < -0.4 is 11.1 Å². The summed E-state index contributed by atoms with van der Waals surface area (Å²) in [6, 6.07) is -0.784. The third kappa shape index (κ3) is 8.02. The maximum Gasteiger partial charge on any atom is 0.236 e. The number of carbonyl (C=O) groups excluding carboxylic acids is 1. The number of sulfone groups is 1. The van der Waals surface area contributed by atoms with Gasteiger partial charge < -0.3 is 11.1 Å². The number of amides is 1. The Labute approximate surface area is 160 Å². The summed E-state index contributed by atoms with van der Waals surface area (Å²) in [5.41, 5.74) is 6.92. The van der Waals surface area contributed by atoms with Crippen LogP contribution in [0.15, 0.2) is 5.38 Å². The van der Waals surface area contributed by atoms with Crippen LogP contribution in [-0.2, 0) is 21.1 Å². The van der Waals surface area contributed by atoms with E-state index in [1.165, 1.54) is 37.8 Å². The van der Waals surface area contributed by atoms with Crippen molar-refractivity contribution in [3.8, 4) is 0 Å². The highest BCUT2D eigenvalue weighted by atomic mass is 35.5. The van der Waals surface area contributed by atoms with Crippen molar-refractivity contribution in [3.63, 3.8) is 0 Å². The van der Waals surface area contributed by atoms with E-state index in [1.807, 2.05) is 0 Å².